The fraction of sp³-hybridized carbons (Fsp3) is 0.125. The molecule has 0 radical (unpaired) electrons. The standard InChI is InChI=1S/C8H9N3O2.ClH/c9-8(10)5-6-2-1-3-7(4-6)11(12)13;/h1-4H,5H2,(H3,9,10);1H. The summed E-state index contributed by atoms with van der Waals surface area (Å²) < 4.78 is 0. The molecule has 0 aliphatic carbocycles. The van der Waals surface area contributed by atoms with E-state index in [4.69, 9.17) is 11.1 Å². The number of nitrogens with one attached hydrogen (secondary N) is 1. The minimum atomic E-state index is -0.469. The molecular weight excluding hydrogens is 206 g/mol. The lowest BCUT2D eigenvalue weighted by molar-refractivity contribution is -0.384. The quantitative estimate of drug-likeness (QED) is 0.346. The van der Waals surface area contributed by atoms with Gasteiger partial charge in [0, 0.05) is 18.6 Å². The fourth-order valence-corrected chi connectivity index (χ4v) is 1.000. The topological polar surface area (TPSA) is 93.0 Å². The van der Waals surface area contributed by atoms with Crippen LogP contribution in [0.25, 0.3) is 0 Å². The Balaban J connectivity index is 0.00000169. The maximum Gasteiger partial charge on any atom is 0.269 e. The predicted octanol–water partition coefficient (Wildman–Crippen LogP) is 1.50. The van der Waals surface area contributed by atoms with E-state index in [-0.39, 0.29) is 30.4 Å². The van der Waals surface area contributed by atoms with Crippen molar-refractivity contribution >= 4 is 23.9 Å². The average Bonchev–Trinajstić information content (AvgIpc) is 2.03. The van der Waals surface area contributed by atoms with Gasteiger partial charge in [0.15, 0.2) is 0 Å². The molecule has 0 amide bonds. The fourth-order valence-electron chi connectivity index (χ4n) is 1.000. The van der Waals surface area contributed by atoms with E-state index in [2.05, 4.69) is 0 Å². The summed E-state index contributed by atoms with van der Waals surface area (Å²) >= 11 is 0. The molecule has 0 fully saturated rings. The summed E-state index contributed by atoms with van der Waals surface area (Å²) in [7, 11) is 0. The van der Waals surface area contributed by atoms with Gasteiger partial charge in [0.2, 0.25) is 0 Å². The molecule has 0 atom stereocenters. The van der Waals surface area contributed by atoms with Crippen LogP contribution in [0.5, 0.6) is 0 Å². The van der Waals surface area contributed by atoms with Crippen LogP contribution < -0.4 is 5.73 Å². The number of hydrogen-bond donors (Lipinski definition) is 2. The van der Waals surface area contributed by atoms with E-state index in [1.165, 1.54) is 12.1 Å². The second-order valence-corrected chi connectivity index (χ2v) is 2.63. The number of halogens is 1. The number of benzene rings is 1. The van der Waals surface area contributed by atoms with Crippen LogP contribution in [0.15, 0.2) is 24.3 Å². The van der Waals surface area contributed by atoms with Crippen molar-refractivity contribution in [2.24, 2.45) is 5.73 Å². The summed E-state index contributed by atoms with van der Waals surface area (Å²) in [5, 5.41) is 17.4. The van der Waals surface area contributed by atoms with E-state index >= 15 is 0 Å². The molecule has 0 saturated carbocycles. The monoisotopic (exact) mass is 215 g/mol. The van der Waals surface area contributed by atoms with Gasteiger partial charge in [0.1, 0.15) is 0 Å². The molecule has 0 unspecified atom stereocenters. The SMILES string of the molecule is Cl.N=C(N)Cc1cccc([N+](=O)[O-])c1. The highest BCUT2D eigenvalue weighted by Gasteiger charge is 2.05. The van der Waals surface area contributed by atoms with Crippen LogP contribution in [0.1, 0.15) is 5.56 Å². The van der Waals surface area contributed by atoms with Gasteiger partial charge in [0.05, 0.1) is 10.8 Å². The minimum Gasteiger partial charge on any atom is -0.387 e. The Hall–Kier alpha value is -1.62. The highest BCUT2D eigenvalue weighted by Crippen LogP contribution is 2.12. The number of nitro benzene ring substituents is 1. The molecule has 0 heterocycles. The number of rotatable bonds is 3. The molecule has 0 aliphatic rings. The first kappa shape index (κ1) is 12.4. The molecule has 14 heavy (non-hydrogen) atoms. The van der Waals surface area contributed by atoms with E-state index in [1.54, 1.807) is 12.1 Å². The van der Waals surface area contributed by atoms with Crippen molar-refractivity contribution in [3.8, 4) is 0 Å². The van der Waals surface area contributed by atoms with Gasteiger partial charge in [0.25, 0.3) is 5.69 Å². The smallest absolute Gasteiger partial charge is 0.269 e. The second kappa shape index (κ2) is 5.18. The first-order valence-electron chi connectivity index (χ1n) is 3.66. The number of non-ortho nitro benzene ring substituents is 1. The molecule has 0 aliphatic heterocycles. The van der Waals surface area contributed by atoms with Crippen LogP contribution in [0.3, 0.4) is 0 Å². The highest BCUT2D eigenvalue weighted by atomic mass is 35.5. The maximum absolute atomic E-state index is 10.4. The van der Waals surface area contributed by atoms with Crippen molar-refractivity contribution in [2.75, 3.05) is 0 Å². The van der Waals surface area contributed by atoms with Crippen LogP contribution in [-0.2, 0) is 6.42 Å². The Morgan fingerprint density at radius 3 is 2.71 bits per heavy atom. The number of amidine groups is 1. The Morgan fingerprint density at radius 2 is 2.21 bits per heavy atom. The maximum atomic E-state index is 10.4. The predicted molar refractivity (Wildman–Crippen MR) is 56.0 cm³/mol. The third-order valence-electron chi connectivity index (χ3n) is 1.52. The molecule has 0 bridgehead atoms. The van der Waals surface area contributed by atoms with E-state index in [1.807, 2.05) is 0 Å². The summed E-state index contributed by atoms with van der Waals surface area (Å²) in [5.41, 5.74) is 5.87. The van der Waals surface area contributed by atoms with Gasteiger partial charge in [-0.25, -0.2) is 0 Å². The molecule has 1 rings (SSSR count). The summed E-state index contributed by atoms with van der Waals surface area (Å²) in [6.07, 6.45) is 0.252. The molecule has 1 aromatic carbocycles. The lowest BCUT2D eigenvalue weighted by Gasteiger charge is -1.98. The Morgan fingerprint density at radius 1 is 1.57 bits per heavy atom. The van der Waals surface area contributed by atoms with Gasteiger partial charge in [-0.3, -0.25) is 15.5 Å². The van der Waals surface area contributed by atoms with Crippen LogP contribution in [0.4, 0.5) is 5.69 Å². The van der Waals surface area contributed by atoms with Crippen molar-refractivity contribution in [1.82, 2.24) is 0 Å². The molecule has 6 heteroatoms. The van der Waals surface area contributed by atoms with Gasteiger partial charge in [-0.05, 0) is 5.56 Å². The summed E-state index contributed by atoms with van der Waals surface area (Å²) in [6, 6.07) is 6.11. The summed E-state index contributed by atoms with van der Waals surface area (Å²) in [4.78, 5) is 9.89. The highest BCUT2D eigenvalue weighted by molar-refractivity contribution is 5.85. The molecule has 0 aromatic heterocycles. The molecule has 76 valence electrons. The normalized spacial score (nSPS) is 8.86. The van der Waals surface area contributed by atoms with Crippen LogP contribution in [0, 0.1) is 15.5 Å². The van der Waals surface area contributed by atoms with Crippen molar-refractivity contribution < 1.29 is 4.92 Å². The van der Waals surface area contributed by atoms with Gasteiger partial charge in [-0.15, -0.1) is 12.4 Å². The zero-order chi connectivity index (χ0) is 9.84. The van der Waals surface area contributed by atoms with Gasteiger partial charge in [-0.1, -0.05) is 12.1 Å². The zero-order valence-corrected chi connectivity index (χ0v) is 8.08. The van der Waals surface area contributed by atoms with E-state index in [0.29, 0.717) is 5.56 Å². The Bertz CT molecular complexity index is 354. The van der Waals surface area contributed by atoms with Crippen LogP contribution in [0.2, 0.25) is 0 Å². The van der Waals surface area contributed by atoms with Crippen molar-refractivity contribution in [2.45, 2.75) is 6.42 Å². The largest absolute Gasteiger partial charge is 0.387 e. The van der Waals surface area contributed by atoms with Gasteiger partial charge in [-0.2, -0.15) is 0 Å². The van der Waals surface area contributed by atoms with Gasteiger partial charge < -0.3 is 5.73 Å². The number of nitrogens with zero attached hydrogens (tertiary/aromatic N) is 1. The van der Waals surface area contributed by atoms with E-state index in [9.17, 15) is 10.1 Å². The Kier molecular flexibility index (Phi) is 4.58. The lowest BCUT2D eigenvalue weighted by Crippen LogP contribution is -2.12. The van der Waals surface area contributed by atoms with Crippen LogP contribution in [-0.4, -0.2) is 10.8 Å². The average molecular weight is 216 g/mol. The van der Waals surface area contributed by atoms with E-state index in [0.717, 1.165) is 0 Å². The lowest BCUT2D eigenvalue weighted by atomic mass is 10.1. The van der Waals surface area contributed by atoms with Crippen LogP contribution >= 0.6 is 12.4 Å². The number of nitrogens with two attached hydrogens (primary N) is 1. The summed E-state index contributed by atoms with van der Waals surface area (Å²) in [6.45, 7) is 0. The molecule has 5 nitrogen and oxygen atoms in total. The summed E-state index contributed by atoms with van der Waals surface area (Å²) in [5.74, 6) is 0.000461. The Labute approximate surface area is 87.0 Å². The molecule has 1 aromatic rings. The third kappa shape index (κ3) is 3.40. The van der Waals surface area contributed by atoms with Crippen molar-refractivity contribution in [3.63, 3.8) is 0 Å². The molecule has 3 N–H and O–H groups in total. The van der Waals surface area contributed by atoms with Crippen molar-refractivity contribution in [3.05, 3.63) is 39.9 Å². The van der Waals surface area contributed by atoms with E-state index < -0.39 is 4.92 Å². The van der Waals surface area contributed by atoms with Gasteiger partial charge >= 0.3 is 0 Å². The zero-order valence-electron chi connectivity index (χ0n) is 7.27. The molecule has 0 spiro atoms. The first-order valence-corrected chi connectivity index (χ1v) is 3.66. The second-order valence-electron chi connectivity index (χ2n) is 2.63. The minimum absolute atomic E-state index is 0. The number of nitro groups is 1. The molecular formula is C8H10ClN3O2. The van der Waals surface area contributed by atoms with Crippen molar-refractivity contribution in [1.29, 1.82) is 5.41 Å². The molecule has 0 saturated heterocycles. The number of hydrogen-bond acceptors (Lipinski definition) is 3. The third-order valence-corrected chi connectivity index (χ3v) is 1.52. The first-order chi connectivity index (χ1) is 6.09.